The molecule has 0 radical (unpaired) electrons. The number of sulfonamides is 1. The average molecular weight is 470 g/mol. The maximum absolute atomic E-state index is 12.6. The van der Waals surface area contributed by atoms with Crippen LogP contribution >= 0.6 is 0 Å². The highest BCUT2D eigenvalue weighted by Crippen LogP contribution is 2.32. The van der Waals surface area contributed by atoms with Crippen LogP contribution in [-0.4, -0.2) is 49.7 Å². The molecule has 1 amide bonds. The van der Waals surface area contributed by atoms with Crippen LogP contribution in [0, 0.1) is 0 Å². The predicted octanol–water partition coefficient (Wildman–Crippen LogP) is 2.49. The summed E-state index contributed by atoms with van der Waals surface area (Å²) in [6, 6.07) is 9.34. The number of nitrogens with one attached hydrogen (secondary N) is 3. The molecule has 1 unspecified atom stereocenters. The number of carbonyl (C=O) groups is 2. The van der Waals surface area contributed by atoms with Crippen molar-refractivity contribution >= 4 is 38.6 Å². The van der Waals surface area contributed by atoms with Crippen molar-refractivity contribution in [3.8, 4) is 11.1 Å². The molecule has 0 aliphatic heterocycles. The Kier molecular flexibility index (Phi) is 6.12. The zero-order valence-corrected chi connectivity index (χ0v) is 17.5. The van der Waals surface area contributed by atoms with E-state index in [4.69, 9.17) is 0 Å². The van der Waals surface area contributed by atoms with Crippen LogP contribution in [0.4, 0.5) is 18.9 Å². The third-order valence-corrected chi connectivity index (χ3v) is 4.88. The standard InChI is InChI=1S/C19H17F3N4O5S/c1-23-17(27)15(31-18(28)19(20,21)22)14-9-13-12(7-8-24-16(13)25-14)10-3-5-11(6-4-10)26-32(2,29)30/h3-9,15,26H,1-2H3,(H,23,27)(H,24,25). The third kappa shape index (κ3) is 5.17. The summed E-state index contributed by atoms with van der Waals surface area (Å²) in [7, 11) is -2.26. The number of alkyl halides is 3. The zero-order chi connectivity index (χ0) is 23.7. The van der Waals surface area contributed by atoms with Crippen molar-refractivity contribution in [2.45, 2.75) is 12.3 Å². The van der Waals surface area contributed by atoms with E-state index in [9.17, 15) is 31.2 Å². The van der Waals surface area contributed by atoms with Gasteiger partial charge in [-0.2, -0.15) is 13.2 Å². The van der Waals surface area contributed by atoms with E-state index in [1.165, 1.54) is 31.4 Å². The fraction of sp³-hybridized carbons (Fsp3) is 0.211. The van der Waals surface area contributed by atoms with Gasteiger partial charge in [0.2, 0.25) is 16.1 Å². The number of H-pyrrole nitrogens is 1. The number of hydrogen-bond donors (Lipinski definition) is 3. The van der Waals surface area contributed by atoms with E-state index >= 15 is 0 Å². The van der Waals surface area contributed by atoms with E-state index in [1.807, 2.05) is 0 Å². The van der Waals surface area contributed by atoms with Gasteiger partial charge in [0.1, 0.15) is 5.65 Å². The number of amides is 1. The molecule has 3 N–H and O–H groups in total. The van der Waals surface area contributed by atoms with Crippen molar-refractivity contribution in [2.24, 2.45) is 0 Å². The Morgan fingerprint density at radius 1 is 1.16 bits per heavy atom. The molecular weight excluding hydrogens is 453 g/mol. The Morgan fingerprint density at radius 2 is 1.81 bits per heavy atom. The molecule has 13 heteroatoms. The fourth-order valence-corrected chi connectivity index (χ4v) is 3.50. The molecule has 2 aromatic heterocycles. The molecule has 0 bridgehead atoms. The molecule has 0 aliphatic carbocycles. The summed E-state index contributed by atoms with van der Waals surface area (Å²) >= 11 is 0. The molecule has 0 saturated heterocycles. The van der Waals surface area contributed by atoms with Crippen LogP contribution in [0.2, 0.25) is 0 Å². The molecule has 2 heterocycles. The molecule has 0 fully saturated rings. The van der Waals surface area contributed by atoms with Gasteiger partial charge >= 0.3 is 12.1 Å². The number of rotatable bonds is 6. The van der Waals surface area contributed by atoms with Crippen LogP contribution in [0.1, 0.15) is 11.8 Å². The number of likely N-dealkylation sites (N-methyl/N-ethyl adjacent to an activating group) is 1. The second-order valence-corrected chi connectivity index (χ2v) is 8.44. The van der Waals surface area contributed by atoms with Crippen molar-refractivity contribution in [1.82, 2.24) is 15.3 Å². The smallest absolute Gasteiger partial charge is 0.439 e. The maximum Gasteiger partial charge on any atom is 0.490 e. The number of aromatic amines is 1. The SMILES string of the molecule is CNC(=O)C(OC(=O)C(F)(F)F)c1cc2c(-c3ccc(NS(C)(=O)=O)cc3)ccnc2[nH]1. The third-order valence-electron chi connectivity index (χ3n) is 4.28. The molecule has 0 spiro atoms. The van der Waals surface area contributed by atoms with Crippen molar-refractivity contribution in [3.05, 3.63) is 48.3 Å². The number of carbonyl (C=O) groups excluding carboxylic acids is 2. The first kappa shape index (κ1) is 23.1. The summed E-state index contributed by atoms with van der Waals surface area (Å²) in [4.78, 5) is 30.2. The van der Waals surface area contributed by atoms with Crippen LogP contribution in [0.25, 0.3) is 22.2 Å². The van der Waals surface area contributed by atoms with Crippen molar-refractivity contribution in [3.63, 3.8) is 0 Å². The molecule has 3 rings (SSSR count). The van der Waals surface area contributed by atoms with Gasteiger partial charge < -0.3 is 15.0 Å². The molecule has 0 saturated carbocycles. The molecule has 3 aromatic rings. The van der Waals surface area contributed by atoms with Crippen molar-refractivity contribution < 1.29 is 35.9 Å². The van der Waals surface area contributed by atoms with Crippen LogP contribution in [-0.2, 0) is 24.3 Å². The lowest BCUT2D eigenvalue weighted by atomic mass is 10.0. The number of halogens is 3. The number of aromatic nitrogens is 2. The summed E-state index contributed by atoms with van der Waals surface area (Å²) < 4.78 is 67.4. The Labute approximate surface area is 180 Å². The van der Waals surface area contributed by atoms with Crippen LogP contribution < -0.4 is 10.0 Å². The first-order valence-electron chi connectivity index (χ1n) is 8.94. The monoisotopic (exact) mass is 470 g/mol. The number of nitrogens with zero attached hydrogens (tertiary/aromatic N) is 1. The van der Waals surface area contributed by atoms with E-state index in [0.717, 1.165) is 6.26 Å². The predicted molar refractivity (Wildman–Crippen MR) is 109 cm³/mol. The lowest BCUT2D eigenvalue weighted by Crippen LogP contribution is -2.34. The van der Waals surface area contributed by atoms with Gasteiger partial charge in [-0.3, -0.25) is 9.52 Å². The lowest BCUT2D eigenvalue weighted by molar-refractivity contribution is -0.205. The largest absolute Gasteiger partial charge is 0.490 e. The van der Waals surface area contributed by atoms with E-state index in [1.54, 1.807) is 18.2 Å². The fourth-order valence-electron chi connectivity index (χ4n) is 2.94. The number of esters is 1. The summed E-state index contributed by atoms with van der Waals surface area (Å²) in [5.41, 5.74) is 1.72. The summed E-state index contributed by atoms with van der Waals surface area (Å²) in [5, 5.41) is 2.60. The average Bonchev–Trinajstić information content (AvgIpc) is 3.14. The minimum Gasteiger partial charge on any atom is -0.439 e. The quantitative estimate of drug-likeness (QED) is 0.475. The highest BCUT2D eigenvalue weighted by Gasteiger charge is 2.44. The summed E-state index contributed by atoms with van der Waals surface area (Å²) in [6.45, 7) is 0. The Bertz CT molecular complexity index is 1270. The van der Waals surface area contributed by atoms with E-state index in [-0.39, 0.29) is 11.3 Å². The van der Waals surface area contributed by atoms with Gasteiger partial charge in [-0.05, 0) is 35.4 Å². The number of anilines is 1. The normalized spacial score (nSPS) is 12.9. The van der Waals surface area contributed by atoms with Crippen LogP contribution in [0.15, 0.2) is 42.6 Å². The molecule has 32 heavy (non-hydrogen) atoms. The van der Waals surface area contributed by atoms with Gasteiger partial charge in [-0.15, -0.1) is 0 Å². The molecular formula is C19H17F3N4O5S. The van der Waals surface area contributed by atoms with Gasteiger partial charge in [-0.25, -0.2) is 18.2 Å². The minimum absolute atomic E-state index is 0.104. The van der Waals surface area contributed by atoms with E-state index < -0.39 is 34.2 Å². The first-order valence-corrected chi connectivity index (χ1v) is 10.8. The number of hydrogen-bond acceptors (Lipinski definition) is 6. The maximum atomic E-state index is 12.6. The minimum atomic E-state index is -5.27. The first-order chi connectivity index (χ1) is 14.9. The highest BCUT2D eigenvalue weighted by atomic mass is 32.2. The van der Waals surface area contributed by atoms with Gasteiger partial charge in [0.05, 0.1) is 11.9 Å². The second kappa shape index (κ2) is 8.49. The molecule has 9 nitrogen and oxygen atoms in total. The Hall–Kier alpha value is -3.61. The summed E-state index contributed by atoms with van der Waals surface area (Å²) in [5.74, 6) is -3.47. The van der Waals surface area contributed by atoms with Gasteiger partial charge in [0.15, 0.2) is 0 Å². The van der Waals surface area contributed by atoms with Gasteiger partial charge in [0, 0.05) is 24.3 Å². The lowest BCUT2D eigenvalue weighted by Gasteiger charge is -2.16. The molecule has 1 atom stereocenters. The van der Waals surface area contributed by atoms with Crippen molar-refractivity contribution in [2.75, 3.05) is 18.0 Å². The van der Waals surface area contributed by atoms with Gasteiger partial charge in [-0.1, -0.05) is 12.1 Å². The topological polar surface area (TPSA) is 130 Å². The number of ether oxygens (including phenoxy) is 1. The summed E-state index contributed by atoms with van der Waals surface area (Å²) in [6.07, 6.45) is -4.69. The van der Waals surface area contributed by atoms with E-state index in [0.29, 0.717) is 22.2 Å². The van der Waals surface area contributed by atoms with Gasteiger partial charge in [0.25, 0.3) is 5.91 Å². The number of pyridine rings is 1. The zero-order valence-electron chi connectivity index (χ0n) is 16.6. The highest BCUT2D eigenvalue weighted by molar-refractivity contribution is 7.92. The molecule has 170 valence electrons. The Balaban J connectivity index is 2.01. The van der Waals surface area contributed by atoms with E-state index in [2.05, 4.69) is 24.7 Å². The van der Waals surface area contributed by atoms with Crippen LogP contribution in [0.3, 0.4) is 0 Å². The van der Waals surface area contributed by atoms with Crippen LogP contribution in [0.5, 0.6) is 0 Å². The Morgan fingerprint density at radius 3 is 2.38 bits per heavy atom. The number of benzene rings is 1. The molecule has 1 aromatic carbocycles. The van der Waals surface area contributed by atoms with Crippen molar-refractivity contribution in [1.29, 1.82) is 0 Å². The number of fused-ring (bicyclic) bond motifs is 1. The molecule has 0 aliphatic rings. The second-order valence-electron chi connectivity index (χ2n) is 6.69.